The lowest BCUT2D eigenvalue weighted by Crippen LogP contribution is -2.42. The van der Waals surface area contributed by atoms with Gasteiger partial charge >= 0.3 is 0 Å². The first-order valence-corrected chi connectivity index (χ1v) is 10.3. The molecule has 1 heterocycles. The first-order chi connectivity index (χ1) is 11.1. The maximum atomic E-state index is 11.7. The second kappa shape index (κ2) is 14.1. The highest BCUT2D eigenvalue weighted by molar-refractivity contribution is 14.0. The molecule has 24 heavy (non-hydrogen) atoms. The average Bonchev–Trinajstić information content (AvgIpc) is 2.85. The molecule has 0 bridgehead atoms. The third-order valence-electron chi connectivity index (χ3n) is 3.56. The first kappa shape index (κ1) is 23.9. The Hall–Kier alpha value is -0.130. The molecule has 0 radical (unpaired) electrons. The van der Waals surface area contributed by atoms with Crippen molar-refractivity contribution in [2.45, 2.75) is 39.5 Å². The number of nitrogens with one attached hydrogen (secondary N) is 2. The molecule has 7 nitrogen and oxygen atoms in total. The van der Waals surface area contributed by atoms with Crippen molar-refractivity contribution in [3.8, 4) is 0 Å². The smallest absolute Gasteiger partial charge is 0.214 e. The van der Waals surface area contributed by atoms with Gasteiger partial charge < -0.3 is 15.4 Å². The van der Waals surface area contributed by atoms with Crippen molar-refractivity contribution in [3.63, 3.8) is 0 Å². The minimum Gasteiger partial charge on any atom is -0.381 e. The molecule has 0 spiro atoms. The van der Waals surface area contributed by atoms with Gasteiger partial charge in [-0.2, -0.15) is 0 Å². The van der Waals surface area contributed by atoms with E-state index in [9.17, 15) is 8.42 Å². The fourth-order valence-corrected chi connectivity index (χ4v) is 3.82. The van der Waals surface area contributed by atoms with Crippen LogP contribution in [0.1, 0.15) is 39.5 Å². The molecule has 2 N–H and O–H groups in total. The SMILES string of the molecule is CCCCOCCCN=C(NCC)NCCN1CCCS1(=O)=O.I. The van der Waals surface area contributed by atoms with Crippen LogP contribution in [0.15, 0.2) is 4.99 Å². The van der Waals surface area contributed by atoms with Gasteiger partial charge in [0.15, 0.2) is 5.96 Å². The monoisotopic (exact) mass is 476 g/mol. The van der Waals surface area contributed by atoms with Crippen LogP contribution in [0.2, 0.25) is 0 Å². The standard InChI is InChI=1S/C15H32N4O3S.HI/c1-3-5-12-22-13-6-8-17-15(16-4-2)18-9-11-19-10-7-14-23(19,20)21;/h3-14H2,1-2H3,(H2,16,17,18);1H. The molecule has 1 saturated heterocycles. The third kappa shape index (κ3) is 10.00. The highest BCUT2D eigenvalue weighted by atomic mass is 127. The number of ether oxygens (including phenoxy) is 1. The molecule has 144 valence electrons. The molecule has 0 atom stereocenters. The Morgan fingerprint density at radius 3 is 2.58 bits per heavy atom. The zero-order valence-electron chi connectivity index (χ0n) is 14.9. The van der Waals surface area contributed by atoms with E-state index in [4.69, 9.17) is 4.74 Å². The van der Waals surface area contributed by atoms with Gasteiger partial charge in [0, 0.05) is 45.9 Å². The highest BCUT2D eigenvalue weighted by Crippen LogP contribution is 2.11. The van der Waals surface area contributed by atoms with Crippen LogP contribution in [-0.4, -0.2) is 70.4 Å². The van der Waals surface area contributed by atoms with Crippen molar-refractivity contribution in [1.29, 1.82) is 0 Å². The summed E-state index contributed by atoms with van der Waals surface area (Å²) in [6.07, 6.45) is 3.88. The van der Waals surface area contributed by atoms with E-state index in [1.165, 1.54) is 0 Å². The normalized spacial score (nSPS) is 17.5. The van der Waals surface area contributed by atoms with E-state index in [0.29, 0.717) is 26.2 Å². The largest absolute Gasteiger partial charge is 0.381 e. The van der Waals surface area contributed by atoms with Crippen LogP contribution in [0, 0.1) is 0 Å². The molecule has 0 amide bonds. The third-order valence-corrected chi connectivity index (χ3v) is 5.52. The van der Waals surface area contributed by atoms with Crippen LogP contribution in [-0.2, 0) is 14.8 Å². The van der Waals surface area contributed by atoms with Crippen molar-refractivity contribution in [3.05, 3.63) is 0 Å². The fraction of sp³-hybridized carbons (Fsp3) is 0.933. The summed E-state index contributed by atoms with van der Waals surface area (Å²) in [4.78, 5) is 4.48. The summed E-state index contributed by atoms with van der Waals surface area (Å²) in [6, 6.07) is 0. The van der Waals surface area contributed by atoms with E-state index in [1.807, 2.05) is 6.92 Å². The molecule has 1 aliphatic heterocycles. The molecule has 0 saturated carbocycles. The number of halogens is 1. The Labute approximate surface area is 164 Å². The van der Waals surface area contributed by atoms with E-state index in [2.05, 4.69) is 22.5 Å². The van der Waals surface area contributed by atoms with E-state index in [1.54, 1.807) is 4.31 Å². The van der Waals surface area contributed by atoms with Gasteiger partial charge in [-0.05, 0) is 26.2 Å². The zero-order valence-corrected chi connectivity index (χ0v) is 18.1. The van der Waals surface area contributed by atoms with Gasteiger partial charge in [-0.15, -0.1) is 24.0 Å². The molecule has 9 heteroatoms. The first-order valence-electron chi connectivity index (χ1n) is 8.68. The number of unbranched alkanes of at least 4 members (excludes halogenated alkanes) is 1. The lowest BCUT2D eigenvalue weighted by Gasteiger charge is -2.16. The van der Waals surface area contributed by atoms with Crippen LogP contribution < -0.4 is 10.6 Å². The number of sulfonamides is 1. The maximum absolute atomic E-state index is 11.7. The van der Waals surface area contributed by atoms with Crippen molar-refractivity contribution < 1.29 is 13.2 Å². The molecular weight excluding hydrogens is 443 g/mol. The second-order valence-electron chi connectivity index (χ2n) is 5.58. The quantitative estimate of drug-likeness (QED) is 0.204. The van der Waals surface area contributed by atoms with Crippen molar-refractivity contribution >= 4 is 40.0 Å². The number of rotatable bonds is 11. The van der Waals surface area contributed by atoms with E-state index in [-0.39, 0.29) is 29.7 Å². The number of hydrogen-bond acceptors (Lipinski definition) is 4. The van der Waals surface area contributed by atoms with Crippen LogP contribution in [0.5, 0.6) is 0 Å². The Balaban J connectivity index is 0.00000529. The van der Waals surface area contributed by atoms with Gasteiger partial charge in [-0.3, -0.25) is 4.99 Å². The predicted molar refractivity (Wildman–Crippen MR) is 110 cm³/mol. The molecule has 1 aliphatic rings. The second-order valence-corrected chi connectivity index (χ2v) is 7.66. The van der Waals surface area contributed by atoms with Crippen LogP contribution in [0.4, 0.5) is 0 Å². The van der Waals surface area contributed by atoms with Gasteiger partial charge in [0.2, 0.25) is 10.0 Å². The molecule has 0 unspecified atom stereocenters. The minimum absolute atomic E-state index is 0. The van der Waals surface area contributed by atoms with Gasteiger partial charge in [-0.25, -0.2) is 12.7 Å². The van der Waals surface area contributed by atoms with Crippen molar-refractivity contribution in [2.24, 2.45) is 4.99 Å². The molecular formula is C15H33IN4O3S. The summed E-state index contributed by atoms with van der Waals surface area (Å²) in [5.74, 6) is 1.01. The molecule has 0 aromatic rings. The Morgan fingerprint density at radius 1 is 1.21 bits per heavy atom. The predicted octanol–water partition coefficient (Wildman–Crippen LogP) is 1.40. The lowest BCUT2D eigenvalue weighted by atomic mass is 10.4. The van der Waals surface area contributed by atoms with Crippen LogP contribution >= 0.6 is 24.0 Å². The number of hydrogen-bond donors (Lipinski definition) is 2. The Kier molecular flexibility index (Phi) is 14.0. The summed E-state index contributed by atoms with van der Waals surface area (Å²) in [6.45, 7) is 8.88. The van der Waals surface area contributed by atoms with Gasteiger partial charge in [0.1, 0.15) is 0 Å². The topological polar surface area (TPSA) is 83.0 Å². The van der Waals surface area contributed by atoms with Crippen molar-refractivity contribution in [2.75, 3.05) is 51.7 Å². The van der Waals surface area contributed by atoms with Crippen LogP contribution in [0.25, 0.3) is 0 Å². The summed E-state index contributed by atoms with van der Waals surface area (Å²) in [7, 11) is -3.01. The Morgan fingerprint density at radius 2 is 1.96 bits per heavy atom. The highest BCUT2D eigenvalue weighted by Gasteiger charge is 2.27. The lowest BCUT2D eigenvalue weighted by molar-refractivity contribution is 0.130. The molecule has 1 rings (SSSR count). The summed E-state index contributed by atoms with van der Waals surface area (Å²) in [5.41, 5.74) is 0. The Bertz CT molecular complexity index is 446. The van der Waals surface area contributed by atoms with E-state index in [0.717, 1.165) is 51.4 Å². The van der Waals surface area contributed by atoms with Gasteiger partial charge in [0.25, 0.3) is 0 Å². The number of nitrogens with zero attached hydrogens (tertiary/aromatic N) is 2. The average molecular weight is 476 g/mol. The van der Waals surface area contributed by atoms with E-state index >= 15 is 0 Å². The van der Waals surface area contributed by atoms with E-state index < -0.39 is 10.0 Å². The molecule has 0 aromatic heterocycles. The van der Waals surface area contributed by atoms with Crippen molar-refractivity contribution in [1.82, 2.24) is 14.9 Å². The fourth-order valence-electron chi connectivity index (χ4n) is 2.29. The molecule has 0 aromatic carbocycles. The zero-order chi connectivity index (χ0) is 17.0. The number of guanidine groups is 1. The number of aliphatic imine (C=N–C) groups is 1. The van der Waals surface area contributed by atoms with Crippen LogP contribution in [0.3, 0.4) is 0 Å². The maximum Gasteiger partial charge on any atom is 0.214 e. The van der Waals surface area contributed by atoms with Gasteiger partial charge in [-0.1, -0.05) is 13.3 Å². The summed E-state index contributed by atoms with van der Waals surface area (Å²) < 4.78 is 30.5. The summed E-state index contributed by atoms with van der Waals surface area (Å²) >= 11 is 0. The van der Waals surface area contributed by atoms with Gasteiger partial charge in [0.05, 0.1) is 5.75 Å². The minimum atomic E-state index is -3.01. The molecule has 0 aliphatic carbocycles. The summed E-state index contributed by atoms with van der Waals surface area (Å²) in [5, 5.41) is 6.36. The molecule has 1 fully saturated rings.